The Labute approximate surface area is 112 Å². The first-order chi connectivity index (χ1) is 8.84. The van der Waals surface area contributed by atoms with Gasteiger partial charge in [-0.2, -0.15) is 5.10 Å². The van der Waals surface area contributed by atoms with Crippen LogP contribution < -0.4 is 10.0 Å². The predicted molar refractivity (Wildman–Crippen MR) is 74.4 cm³/mol. The van der Waals surface area contributed by atoms with Crippen molar-refractivity contribution in [2.24, 2.45) is 7.05 Å². The fourth-order valence-electron chi connectivity index (χ4n) is 1.88. The van der Waals surface area contributed by atoms with Gasteiger partial charge in [-0.3, -0.25) is 8.99 Å². The summed E-state index contributed by atoms with van der Waals surface area (Å²) in [4.78, 5) is 0.0146. The van der Waals surface area contributed by atoms with Crippen molar-refractivity contribution in [2.45, 2.75) is 11.8 Å². The van der Waals surface area contributed by atoms with Crippen LogP contribution in [0.25, 0.3) is 0 Å². The summed E-state index contributed by atoms with van der Waals surface area (Å²) in [6.45, 7) is 1.86. The van der Waals surface area contributed by atoms with Gasteiger partial charge in [0.05, 0.1) is 5.69 Å². The van der Waals surface area contributed by atoms with Crippen molar-refractivity contribution in [2.75, 3.05) is 17.1 Å². The highest BCUT2D eigenvalue weighted by atomic mass is 32.2. The first-order valence-corrected chi connectivity index (χ1v) is 7.11. The Hall–Kier alpha value is -2.02. The molecule has 0 unspecified atom stereocenters. The van der Waals surface area contributed by atoms with E-state index < -0.39 is 10.0 Å². The van der Waals surface area contributed by atoms with Crippen molar-refractivity contribution in [3.8, 4) is 0 Å². The maximum absolute atomic E-state index is 12.5. The Bertz CT molecular complexity index is 706. The predicted octanol–water partition coefficient (Wildman–Crippen LogP) is 1.14. The van der Waals surface area contributed by atoms with Crippen molar-refractivity contribution in [1.29, 1.82) is 0 Å². The SMILES string of the molecule is Cc1ccccc1N(C)S(=O)(=O)c1cn(C)nc1N. The largest absolute Gasteiger partial charge is 0.381 e. The lowest BCUT2D eigenvalue weighted by atomic mass is 10.2. The van der Waals surface area contributed by atoms with Crippen LogP contribution in [0.5, 0.6) is 0 Å². The summed E-state index contributed by atoms with van der Waals surface area (Å²) >= 11 is 0. The molecule has 2 rings (SSSR count). The lowest BCUT2D eigenvalue weighted by Crippen LogP contribution is -2.27. The molecule has 1 aromatic heterocycles. The molecule has 1 heterocycles. The molecule has 0 aliphatic heterocycles. The van der Waals surface area contributed by atoms with E-state index in [1.54, 1.807) is 19.2 Å². The van der Waals surface area contributed by atoms with Gasteiger partial charge in [0.25, 0.3) is 10.0 Å². The second-order valence-corrected chi connectivity index (χ2v) is 6.25. The maximum Gasteiger partial charge on any atom is 0.269 e. The van der Waals surface area contributed by atoms with E-state index in [-0.39, 0.29) is 10.7 Å². The number of anilines is 2. The quantitative estimate of drug-likeness (QED) is 0.914. The van der Waals surface area contributed by atoms with Gasteiger partial charge in [-0.25, -0.2) is 8.42 Å². The number of hydrogen-bond donors (Lipinski definition) is 1. The van der Waals surface area contributed by atoms with E-state index in [1.165, 1.54) is 22.2 Å². The average Bonchev–Trinajstić information content (AvgIpc) is 2.69. The first-order valence-electron chi connectivity index (χ1n) is 5.67. The number of rotatable bonds is 3. The highest BCUT2D eigenvalue weighted by Gasteiger charge is 2.26. The molecule has 0 fully saturated rings. The van der Waals surface area contributed by atoms with Gasteiger partial charge < -0.3 is 5.73 Å². The van der Waals surface area contributed by atoms with Crippen molar-refractivity contribution in [3.05, 3.63) is 36.0 Å². The second-order valence-electron chi connectivity index (χ2n) is 4.31. The second kappa shape index (κ2) is 4.58. The summed E-state index contributed by atoms with van der Waals surface area (Å²) in [5.74, 6) is 0.00272. The molecule has 6 nitrogen and oxygen atoms in total. The van der Waals surface area contributed by atoms with Gasteiger partial charge in [0.2, 0.25) is 0 Å². The average molecular weight is 280 g/mol. The summed E-state index contributed by atoms with van der Waals surface area (Å²) in [5.41, 5.74) is 7.13. The number of benzene rings is 1. The van der Waals surface area contributed by atoms with E-state index in [9.17, 15) is 8.42 Å². The fourth-order valence-corrected chi connectivity index (χ4v) is 3.23. The molecule has 0 atom stereocenters. The Kier molecular flexibility index (Phi) is 3.23. The van der Waals surface area contributed by atoms with Gasteiger partial charge in [-0.1, -0.05) is 18.2 Å². The van der Waals surface area contributed by atoms with Crippen LogP contribution in [0.1, 0.15) is 5.56 Å². The standard InChI is InChI=1S/C12H16N4O2S/c1-9-6-4-5-7-10(9)16(3)19(17,18)11-8-15(2)14-12(11)13/h4-8H,1-3H3,(H2,13,14). The summed E-state index contributed by atoms with van der Waals surface area (Å²) in [5, 5.41) is 3.86. The Balaban J connectivity index is 2.52. The van der Waals surface area contributed by atoms with Crippen molar-refractivity contribution in [3.63, 3.8) is 0 Å². The molecule has 7 heteroatoms. The number of hydrogen-bond acceptors (Lipinski definition) is 4. The van der Waals surface area contributed by atoms with Crippen molar-refractivity contribution >= 4 is 21.5 Å². The molecular weight excluding hydrogens is 264 g/mol. The van der Waals surface area contributed by atoms with Gasteiger partial charge in [0, 0.05) is 20.3 Å². The lowest BCUT2D eigenvalue weighted by Gasteiger charge is -2.20. The molecule has 0 saturated heterocycles. The monoisotopic (exact) mass is 280 g/mol. The molecule has 2 aromatic rings. The molecule has 0 spiro atoms. The zero-order valence-electron chi connectivity index (χ0n) is 11.0. The van der Waals surface area contributed by atoms with Gasteiger partial charge in [0.15, 0.2) is 5.82 Å². The van der Waals surface area contributed by atoms with Crippen LogP contribution in [0.3, 0.4) is 0 Å². The third kappa shape index (κ3) is 2.28. The van der Waals surface area contributed by atoms with Gasteiger partial charge in [-0.05, 0) is 18.6 Å². The molecule has 0 aliphatic rings. The molecule has 0 aliphatic carbocycles. The smallest absolute Gasteiger partial charge is 0.269 e. The van der Waals surface area contributed by atoms with E-state index in [4.69, 9.17) is 5.73 Å². The topological polar surface area (TPSA) is 81.2 Å². The van der Waals surface area contributed by atoms with Crippen LogP contribution in [0.15, 0.2) is 35.4 Å². The summed E-state index contributed by atoms with van der Waals surface area (Å²) in [6.07, 6.45) is 1.40. The number of sulfonamides is 1. The van der Waals surface area contributed by atoms with Crippen LogP contribution in [0.2, 0.25) is 0 Å². The highest BCUT2D eigenvalue weighted by molar-refractivity contribution is 7.93. The lowest BCUT2D eigenvalue weighted by molar-refractivity contribution is 0.594. The molecule has 0 bridgehead atoms. The van der Waals surface area contributed by atoms with Crippen molar-refractivity contribution < 1.29 is 8.42 Å². The highest BCUT2D eigenvalue weighted by Crippen LogP contribution is 2.27. The third-order valence-corrected chi connectivity index (χ3v) is 4.70. The third-order valence-electron chi connectivity index (χ3n) is 2.92. The summed E-state index contributed by atoms with van der Waals surface area (Å²) < 4.78 is 27.6. The normalized spacial score (nSPS) is 11.5. The van der Waals surface area contributed by atoms with Gasteiger partial charge in [-0.15, -0.1) is 0 Å². The summed E-state index contributed by atoms with van der Waals surface area (Å²) in [6, 6.07) is 7.26. The van der Waals surface area contributed by atoms with Crippen LogP contribution in [0, 0.1) is 6.92 Å². The molecule has 102 valence electrons. The summed E-state index contributed by atoms with van der Waals surface area (Å²) in [7, 11) is -0.567. The Morgan fingerprint density at radius 2 is 1.95 bits per heavy atom. The van der Waals surface area contributed by atoms with Gasteiger partial charge >= 0.3 is 0 Å². The fraction of sp³-hybridized carbons (Fsp3) is 0.250. The number of para-hydroxylation sites is 1. The minimum absolute atomic E-state index is 0.00272. The number of aryl methyl sites for hydroxylation is 2. The van der Waals surface area contributed by atoms with Crippen molar-refractivity contribution in [1.82, 2.24) is 9.78 Å². The minimum atomic E-state index is -3.70. The molecule has 0 saturated carbocycles. The number of nitrogens with zero attached hydrogens (tertiary/aromatic N) is 3. The van der Waals surface area contributed by atoms with E-state index >= 15 is 0 Å². The molecule has 0 radical (unpaired) electrons. The van der Waals surface area contributed by atoms with E-state index in [0.717, 1.165) is 5.56 Å². The molecule has 19 heavy (non-hydrogen) atoms. The zero-order chi connectivity index (χ0) is 14.2. The minimum Gasteiger partial charge on any atom is -0.381 e. The molecular formula is C12H16N4O2S. The zero-order valence-corrected chi connectivity index (χ0v) is 11.8. The number of nitrogen functional groups attached to an aromatic ring is 1. The molecule has 0 amide bonds. The van der Waals surface area contributed by atoms with Gasteiger partial charge in [0.1, 0.15) is 4.90 Å². The Morgan fingerprint density at radius 3 is 2.47 bits per heavy atom. The van der Waals surface area contributed by atoms with E-state index in [1.807, 2.05) is 19.1 Å². The first kappa shape index (κ1) is 13.4. The van der Waals surface area contributed by atoms with E-state index in [2.05, 4.69) is 5.10 Å². The number of nitrogens with two attached hydrogens (primary N) is 1. The van der Waals surface area contributed by atoms with Crippen LogP contribution in [0.4, 0.5) is 11.5 Å². The maximum atomic E-state index is 12.5. The van der Waals surface area contributed by atoms with Crippen LogP contribution >= 0.6 is 0 Å². The molecule has 2 N–H and O–H groups in total. The van der Waals surface area contributed by atoms with Crippen LogP contribution in [-0.4, -0.2) is 25.2 Å². The molecule has 1 aromatic carbocycles. The number of aromatic nitrogens is 2. The van der Waals surface area contributed by atoms with E-state index in [0.29, 0.717) is 5.69 Å². The Morgan fingerprint density at radius 1 is 1.32 bits per heavy atom. The van der Waals surface area contributed by atoms with Crippen LogP contribution in [-0.2, 0) is 17.1 Å².